The Hall–Kier alpha value is -2.60. The molecule has 0 saturated carbocycles. The average molecular weight is 561 g/mol. The molecular formula is C29H29KO9. The van der Waals surface area contributed by atoms with Crippen LogP contribution in [0.15, 0.2) is 54.6 Å². The van der Waals surface area contributed by atoms with Crippen LogP contribution in [0.4, 0.5) is 0 Å². The summed E-state index contributed by atoms with van der Waals surface area (Å²) in [5, 5.41) is 20.0. The van der Waals surface area contributed by atoms with Crippen molar-refractivity contribution in [2.45, 2.75) is 31.3 Å². The van der Waals surface area contributed by atoms with Crippen LogP contribution in [-0.2, 0) is 20.7 Å². The molecule has 1 aliphatic carbocycles. The Morgan fingerprint density at radius 1 is 1.03 bits per heavy atom. The quantitative estimate of drug-likeness (QED) is 0.356. The fraction of sp³-hybridized carbons (Fsp3) is 0.310. The molecule has 0 fully saturated rings. The Morgan fingerprint density at radius 3 is 2.51 bits per heavy atom. The van der Waals surface area contributed by atoms with Crippen LogP contribution in [0.1, 0.15) is 36.0 Å². The fourth-order valence-corrected chi connectivity index (χ4v) is 5.33. The number of fused-ring (bicyclic) bond motifs is 2. The van der Waals surface area contributed by atoms with Crippen molar-refractivity contribution in [1.29, 1.82) is 0 Å². The minimum atomic E-state index is -1.89. The van der Waals surface area contributed by atoms with E-state index in [1.54, 1.807) is 25.3 Å². The molecule has 9 nitrogen and oxygen atoms in total. The molecule has 2 N–H and O–H groups in total. The van der Waals surface area contributed by atoms with Gasteiger partial charge in [-0.15, -0.1) is 0 Å². The van der Waals surface area contributed by atoms with Crippen molar-refractivity contribution in [2.75, 3.05) is 27.1 Å². The predicted octanol–water partition coefficient (Wildman–Crippen LogP) is 3.84. The summed E-state index contributed by atoms with van der Waals surface area (Å²) in [5.74, 6) is -1.14. The maximum absolute atomic E-state index is 13.0. The number of hydrogen-bond acceptors (Lipinski definition) is 7. The summed E-state index contributed by atoms with van der Waals surface area (Å²) in [5.41, 5.74) is 1.53. The van der Waals surface area contributed by atoms with Gasteiger partial charge in [0.25, 0.3) is 0 Å². The van der Waals surface area contributed by atoms with Gasteiger partial charge in [0.1, 0.15) is 18.1 Å². The fourth-order valence-electron chi connectivity index (χ4n) is 5.33. The Morgan fingerprint density at radius 2 is 1.79 bits per heavy atom. The summed E-state index contributed by atoms with van der Waals surface area (Å²) >= 11 is 0. The van der Waals surface area contributed by atoms with Gasteiger partial charge in [-0.25, -0.2) is 9.59 Å². The number of methoxy groups -OCH3 is 1. The predicted molar refractivity (Wildman–Crippen MR) is 143 cm³/mol. The molecule has 200 valence electrons. The number of carboxylic acids is 2. The zero-order valence-electron chi connectivity index (χ0n) is 21.1. The summed E-state index contributed by atoms with van der Waals surface area (Å²) in [6.07, 6.45) is 0.698. The molecule has 3 aromatic rings. The van der Waals surface area contributed by atoms with E-state index in [4.69, 9.17) is 23.7 Å². The van der Waals surface area contributed by atoms with E-state index >= 15 is 0 Å². The van der Waals surface area contributed by atoms with Crippen LogP contribution in [0.5, 0.6) is 23.0 Å². The van der Waals surface area contributed by atoms with E-state index in [2.05, 4.69) is 0 Å². The van der Waals surface area contributed by atoms with Crippen LogP contribution in [0.2, 0.25) is 0 Å². The standard InChI is InChI=1S/C29H28O9.K.H/c1-3-12-35-23-11-9-18-20(26(23)19-6-4-5-7-21(19)34-2)14-29(28(32)33,38-15-25(30)31)27(18)17-8-10-22-24(13-17)37-16-36-22;;/h4-11,13,27H,3,12,14-16H2,1-2H3,(H,30,31)(H,32,33);;. The second-order valence-corrected chi connectivity index (χ2v) is 9.15. The van der Waals surface area contributed by atoms with Gasteiger partial charge in [0.2, 0.25) is 6.79 Å². The third kappa shape index (κ3) is 5.41. The summed E-state index contributed by atoms with van der Waals surface area (Å²) in [6.45, 7) is 1.76. The van der Waals surface area contributed by atoms with E-state index in [1.807, 2.05) is 43.3 Å². The van der Waals surface area contributed by atoms with E-state index in [0.29, 0.717) is 51.9 Å². The number of rotatable bonds is 10. The first kappa shape index (κ1) is 29.4. The Balaban J connectivity index is 0.00000353. The zero-order valence-corrected chi connectivity index (χ0v) is 21.1. The number of ether oxygens (including phenoxy) is 5. The molecule has 0 bridgehead atoms. The van der Waals surface area contributed by atoms with Gasteiger partial charge < -0.3 is 33.9 Å². The van der Waals surface area contributed by atoms with Gasteiger partial charge in [0.05, 0.1) is 13.7 Å². The number of carbonyl (C=O) groups is 2. The van der Waals surface area contributed by atoms with Gasteiger partial charge in [0.15, 0.2) is 17.1 Å². The van der Waals surface area contributed by atoms with Gasteiger partial charge in [0, 0.05) is 23.5 Å². The van der Waals surface area contributed by atoms with E-state index < -0.39 is 30.1 Å². The number of carboxylic acid groups (broad SMARTS) is 2. The molecular weight excluding hydrogens is 531 g/mol. The summed E-state index contributed by atoms with van der Waals surface area (Å²) in [6, 6.07) is 16.3. The average Bonchev–Trinajstić information content (AvgIpc) is 3.52. The molecule has 2 aliphatic rings. The van der Waals surface area contributed by atoms with Gasteiger partial charge in [-0.1, -0.05) is 37.3 Å². The Bertz CT molecular complexity index is 1390. The number of benzene rings is 3. The van der Waals surface area contributed by atoms with Crippen molar-refractivity contribution >= 4 is 63.3 Å². The van der Waals surface area contributed by atoms with Gasteiger partial charge >= 0.3 is 63.3 Å². The second-order valence-electron chi connectivity index (χ2n) is 9.15. The molecule has 1 aliphatic heterocycles. The molecule has 39 heavy (non-hydrogen) atoms. The van der Waals surface area contributed by atoms with E-state index in [0.717, 1.165) is 12.0 Å². The molecule has 3 aromatic carbocycles. The third-order valence-corrected chi connectivity index (χ3v) is 6.91. The van der Waals surface area contributed by atoms with Crippen LogP contribution in [-0.4, -0.2) is 106 Å². The van der Waals surface area contributed by atoms with Crippen molar-refractivity contribution < 1.29 is 43.5 Å². The molecule has 1 heterocycles. The monoisotopic (exact) mass is 560 g/mol. The third-order valence-electron chi connectivity index (χ3n) is 6.91. The van der Waals surface area contributed by atoms with Crippen molar-refractivity contribution in [3.8, 4) is 34.1 Å². The molecule has 0 spiro atoms. The normalized spacial score (nSPS) is 18.7. The molecule has 2 unspecified atom stereocenters. The number of para-hydroxylation sites is 1. The first-order valence-corrected chi connectivity index (χ1v) is 12.3. The van der Waals surface area contributed by atoms with Crippen molar-refractivity contribution in [1.82, 2.24) is 0 Å². The first-order valence-electron chi connectivity index (χ1n) is 12.3. The van der Waals surface area contributed by atoms with Gasteiger partial charge in [-0.2, -0.15) is 0 Å². The summed E-state index contributed by atoms with van der Waals surface area (Å²) in [7, 11) is 1.57. The molecule has 10 heteroatoms. The summed E-state index contributed by atoms with van der Waals surface area (Å²) in [4.78, 5) is 24.6. The van der Waals surface area contributed by atoms with Crippen LogP contribution >= 0.6 is 0 Å². The molecule has 0 radical (unpaired) electrons. The van der Waals surface area contributed by atoms with Crippen molar-refractivity contribution in [3.05, 3.63) is 71.3 Å². The number of aliphatic carboxylic acids is 2. The van der Waals surface area contributed by atoms with Gasteiger partial charge in [-0.05, 0) is 47.4 Å². The maximum atomic E-state index is 13.0. The minimum absolute atomic E-state index is 0. The van der Waals surface area contributed by atoms with Crippen LogP contribution in [0, 0.1) is 0 Å². The van der Waals surface area contributed by atoms with Crippen LogP contribution in [0.3, 0.4) is 0 Å². The SMILES string of the molecule is CCCOc1ccc2c(c1-c1ccccc1OC)CC(OCC(=O)O)(C(=O)O)C2c1ccc2c(c1)OCO2.[KH]. The molecule has 0 aromatic heterocycles. The van der Waals surface area contributed by atoms with Crippen molar-refractivity contribution in [3.63, 3.8) is 0 Å². The Kier molecular flexibility index (Phi) is 9.25. The topological polar surface area (TPSA) is 121 Å². The van der Waals surface area contributed by atoms with Crippen LogP contribution < -0.4 is 18.9 Å². The Labute approximate surface area is 268 Å². The molecule has 5 rings (SSSR count). The van der Waals surface area contributed by atoms with E-state index in [-0.39, 0.29) is 64.6 Å². The summed E-state index contributed by atoms with van der Waals surface area (Å²) < 4.78 is 28.6. The second kappa shape index (κ2) is 12.3. The molecule has 0 amide bonds. The van der Waals surface area contributed by atoms with E-state index in [9.17, 15) is 19.8 Å². The zero-order chi connectivity index (χ0) is 26.9. The molecule has 2 atom stereocenters. The first-order chi connectivity index (χ1) is 18.4. The molecule has 0 saturated heterocycles. The van der Waals surface area contributed by atoms with Crippen molar-refractivity contribution in [2.24, 2.45) is 0 Å². The number of hydrogen-bond donors (Lipinski definition) is 2. The van der Waals surface area contributed by atoms with E-state index in [1.165, 1.54) is 0 Å². The van der Waals surface area contributed by atoms with Crippen LogP contribution in [0.25, 0.3) is 11.1 Å². The van der Waals surface area contributed by atoms with Gasteiger partial charge in [-0.3, -0.25) is 0 Å².